The monoisotopic (exact) mass is 277 g/mol. The van der Waals surface area contributed by atoms with Crippen LogP contribution in [0.5, 0.6) is 0 Å². The van der Waals surface area contributed by atoms with E-state index in [1.807, 2.05) is 0 Å². The summed E-state index contributed by atoms with van der Waals surface area (Å²) in [5.74, 6) is 0.767. The van der Waals surface area contributed by atoms with Crippen LogP contribution >= 0.6 is 0 Å². The van der Waals surface area contributed by atoms with Crippen molar-refractivity contribution in [1.29, 1.82) is 0 Å². The molecular weight excluding hydrogens is 250 g/mol. The topological polar surface area (TPSA) is 69.4 Å². The number of hydrogen-bond donors (Lipinski definition) is 1. The predicted molar refractivity (Wildman–Crippen MR) is 73.8 cm³/mol. The van der Waals surface area contributed by atoms with Gasteiger partial charge in [0.1, 0.15) is 0 Å². The minimum Gasteiger partial charge on any atom is -0.381 e. The smallest absolute Gasteiger partial charge is 0.209 e. The van der Waals surface area contributed by atoms with Crippen LogP contribution in [0.25, 0.3) is 0 Å². The van der Waals surface area contributed by atoms with E-state index in [0.717, 1.165) is 45.1 Å². The summed E-state index contributed by atoms with van der Waals surface area (Å²) in [6.07, 6.45) is 6.22. The molecule has 4 nitrogen and oxygen atoms in total. The maximum atomic E-state index is 11.3. The van der Waals surface area contributed by atoms with E-state index >= 15 is 0 Å². The lowest BCUT2D eigenvalue weighted by atomic mass is 9.90. The van der Waals surface area contributed by atoms with E-state index in [-0.39, 0.29) is 11.2 Å². The Morgan fingerprint density at radius 2 is 1.89 bits per heavy atom. The molecule has 0 aliphatic heterocycles. The third kappa shape index (κ3) is 6.16. The Labute approximate surface area is 111 Å². The first-order chi connectivity index (χ1) is 8.33. The third-order valence-electron chi connectivity index (χ3n) is 3.65. The number of sulfonamides is 1. The Bertz CT molecular complexity index is 332. The molecule has 0 aromatic carbocycles. The lowest BCUT2D eigenvalue weighted by molar-refractivity contribution is 0.0546. The van der Waals surface area contributed by atoms with Gasteiger partial charge in [0.2, 0.25) is 10.0 Å². The molecule has 18 heavy (non-hydrogen) atoms. The SMILES string of the molecule is CC(C)CCCOCC1(CS(N)(=O)=O)CCCC1. The fourth-order valence-corrected chi connectivity index (χ4v) is 3.99. The van der Waals surface area contributed by atoms with Crippen molar-refractivity contribution < 1.29 is 13.2 Å². The molecule has 0 atom stereocenters. The average Bonchev–Trinajstić information content (AvgIpc) is 2.63. The largest absolute Gasteiger partial charge is 0.381 e. The first-order valence-electron chi connectivity index (χ1n) is 6.91. The van der Waals surface area contributed by atoms with Crippen molar-refractivity contribution in [3.05, 3.63) is 0 Å². The molecule has 0 unspecified atom stereocenters. The molecule has 1 fully saturated rings. The second kappa shape index (κ2) is 6.87. The van der Waals surface area contributed by atoms with Crippen LogP contribution in [-0.2, 0) is 14.8 Å². The van der Waals surface area contributed by atoms with Crippen molar-refractivity contribution in [2.24, 2.45) is 16.5 Å². The van der Waals surface area contributed by atoms with E-state index in [0.29, 0.717) is 12.5 Å². The quantitative estimate of drug-likeness (QED) is 0.692. The van der Waals surface area contributed by atoms with Crippen molar-refractivity contribution in [3.63, 3.8) is 0 Å². The zero-order chi connectivity index (χ0) is 13.6. The Balaban J connectivity index is 2.35. The fraction of sp³-hybridized carbons (Fsp3) is 1.00. The van der Waals surface area contributed by atoms with Gasteiger partial charge in [-0.15, -0.1) is 0 Å². The zero-order valence-corrected chi connectivity index (χ0v) is 12.5. The summed E-state index contributed by atoms with van der Waals surface area (Å²) in [6, 6.07) is 0. The minimum atomic E-state index is -3.40. The van der Waals surface area contributed by atoms with Gasteiger partial charge in [0.25, 0.3) is 0 Å². The van der Waals surface area contributed by atoms with Gasteiger partial charge in [0.05, 0.1) is 12.4 Å². The van der Waals surface area contributed by atoms with Crippen molar-refractivity contribution in [1.82, 2.24) is 0 Å². The Hall–Kier alpha value is -0.130. The molecule has 0 saturated heterocycles. The number of ether oxygens (including phenoxy) is 1. The molecule has 108 valence electrons. The average molecular weight is 277 g/mol. The zero-order valence-electron chi connectivity index (χ0n) is 11.7. The number of rotatable bonds is 8. The number of hydrogen-bond acceptors (Lipinski definition) is 3. The summed E-state index contributed by atoms with van der Waals surface area (Å²) in [5.41, 5.74) is -0.217. The molecule has 0 bridgehead atoms. The molecular formula is C13H27NO3S. The van der Waals surface area contributed by atoms with Crippen molar-refractivity contribution >= 4 is 10.0 Å². The van der Waals surface area contributed by atoms with Crippen LogP contribution in [0.3, 0.4) is 0 Å². The van der Waals surface area contributed by atoms with Gasteiger partial charge in [-0.3, -0.25) is 0 Å². The van der Waals surface area contributed by atoms with E-state index in [4.69, 9.17) is 9.88 Å². The Kier molecular flexibility index (Phi) is 6.08. The van der Waals surface area contributed by atoms with Gasteiger partial charge in [-0.2, -0.15) is 0 Å². The highest BCUT2D eigenvalue weighted by Crippen LogP contribution is 2.39. The minimum absolute atomic E-state index is 0.0736. The summed E-state index contributed by atoms with van der Waals surface area (Å²) in [6.45, 7) is 5.66. The predicted octanol–water partition coefficient (Wildman–Crippen LogP) is 2.29. The third-order valence-corrected chi connectivity index (χ3v) is 4.66. The van der Waals surface area contributed by atoms with E-state index in [1.54, 1.807) is 0 Å². The van der Waals surface area contributed by atoms with Crippen molar-refractivity contribution in [2.45, 2.75) is 52.4 Å². The van der Waals surface area contributed by atoms with Gasteiger partial charge in [-0.05, 0) is 31.6 Å². The molecule has 5 heteroatoms. The first-order valence-corrected chi connectivity index (χ1v) is 8.63. The van der Waals surface area contributed by atoms with E-state index in [9.17, 15) is 8.42 Å². The second-order valence-electron chi connectivity index (χ2n) is 6.10. The summed E-state index contributed by atoms with van der Waals surface area (Å²) < 4.78 is 28.3. The van der Waals surface area contributed by atoms with Crippen LogP contribution in [0.2, 0.25) is 0 Å². The van der Waals surface area contributed by atoms with Crippen LogP contribution in [0, 0.1) is 11.3 Å². The molecule has 0 spiro atoms. The molecule has 1 rings (SSSR count). The summed E-state index contributed by atoms with van der Waals surface area (Å²) in [7, 11) is -3.40. The van der Waals surface area contributed by atoms with Crippen molar-refractivity contribution in [3.8, 4) is 0 Å². The highest BCUT2D eigenvalue weighted by Gasteiger charge is 2.37. The Morgan fingerprint density at radius 1 is 1.28 bits per heavy atom. The fourth-order valence-electron chi connectivity index (χ4n) is 2.76. The highest BCUT2D eigenvalue weighted by molar-refractivity contribution is 7.89. The second-order valence-corrected chi connectivity index (χ2v) is 7.72. The van der Waals surface area contributed by atoms with Gasteiger partial charge in [-0.1, -0.05) is 26.7 Å². The van der Waals surface area contributed by atoms with Gasteiger partial charge >= 0.3 is 0 Å². The maximum Gasteiger partial charge on any atom is 0.209 e. The van der Waals surface area contributed by atoms with Crippen LogP contribution in [0.4, 0.5) is 0 Å². The molecule has 0 aromatic heterocycles. The summed E-state index contributed by atoms with van der Waals surface area (Å²) >= 11 is 0. The van der Waals surface area contributed by atoms with Gasteiger partial charge in [0, 0.05) is 12.0 Å². The van der Waals surface area contributed by atoms with Crippen molar-refractivity contribution in [2.75, 3.05) is 19.0 Å². The van der Waals surface area contributed by atoms with Crippen LogP contribution < -0.4 is 5.14 Å². The lowest BCUT2D eigenvalue weighted by Crippen LogP contribution is -2.35. The number of nitrogens with two attached hydrogens (primary N) is 1. The summed E-state index contributed by atoms with van der Waals surface area (Å²) in [4.78, 5) is 0. The first kappa shape index (κ1) is 15.9. The molecule has 1 aliphatic rings. The molecule has 1 aliphatic carbocycles. The lowest BCUT2D eigenvalue weighted by Gasteiger charge is -2.27. The van der Waals surface area contributed by atoms with Gasteiger partial charge < -0.3 is 4.74 Å². The molecule has 0 amide bonds. The van der Waals surface area contributed by atoms with Gasteiger partial charge in [0.15, 0.2) is 0 Å². The van der Waals surface area contributed by atoms with E-state index in [2.05, 4.69) is 13.8 Å². The molecule has 1 saturated carbocycles. The number of primary sulfonamides is 1. The molecule has 0 radical (unpaired) electrons. The standard InChI is InChI=1S/C13H27NO3S/c1-12(2)6-5-9-17-10-13(7-3-4-8-13)11-18(14,15)16/h12H,3-11H2,1-2H3,(H2,14,15,16). The van der Waals surface area contributed by atoms with E-state index < -0.39 is 10.0 Å². The van der Waals surface area contributed by atoms with Crippen LogP contribution in [-0.4, -0.2) is 27.4 Å². The summed E-state index contributed by atoms with van der Waals surface area (Å²) in [5, 5.41) is 5.19. The molecule has 2 N–H and O–H groups in total. The Morgan fingerprint density at radius 3 is 2.39 bits per heavy atom. The van der Waals surface area contributed by atoms with Crippen LogP contribution in [0.15, 0.2) is 0 Å². The van der Waals surface area contributed by atoms with Gasteiger partial charge in [-0.25, -0.2) is 13.6 Å². The molecule has 0 heterocycles. The highest BCUT2D eigenvalue weighted by atomic mass is 32.2. The van der Waals surface area contributed by atoms with Crippen LogP contribution in [0.1, 0.15) is 52.4 Å². The molecule has 0 aromatic rings. The normalized spacial score (nSPS) is 19.6. The maximum absolute atomic E-state index is 11.3. The van der Waals surface area contributed by atoms with E-state index in [1.165, 1.54) is 0 Å².